The summed E-state index contributed by atoms with van der Waals surface area (Å²) in [6.45, 7) is -1.99. The zero-order valence-electron chi connectivity index (χ0n) is 15.5. The van der Waals surface area contributed by atoms with Gasteiger partial charge >= 0.3 is 7.82 Å². The normalized spacial score (nSPS) is 27.7. The van der Waals surface area contributed by atoms with E-state index in [0.717, 1.165) is 11.0 Å². The van der Waals surface area contributed by atoms with Crippen LogP contribution >= 0.6 is 7.82 Å². The Morgan fingerprint density at radius 2 is 1.87 bits per heavy atom. The van der Waals surface area contributed by atoms with Gasteiger partial charge in [0.2, 0.25) is 5.91 Å². The van der Waals surface area contributed by atoms with Crippen LogP contribution < -0.4 is 0 Å². The Morgan fingerprint density at radius 1 is 1.20 bits per heavy atom. The SMILES string of the molecule is O=C1C=CN([C@@H]2O[C@H](COP(=O)(O)O)[C@H](O)[C@@H]2O)CN1CC(F)(F)c1ccccc1. The summed E-state index contributed by atoms with van der Waals surface area (Å²) in [6.07, 6.45) is -3.36. The van der Waals surface area contributed by atoms with Crippen molar-refractivity contribution in [3.05, 3.63) is 48.2 Å². The third-order valence-corrected chi connectivity index (χ3v) is 5.20. The lowest BCUT2D eigenvalue weighted by Crippen LogP contribution is -2.52. The fraction of sp³-hybridized carbons (Fsp3) is 0.471. The number of halogens is 2. The van der Waals surface area contributed by atoms with Crippen LogP contribution in [0.1, 0.15) is 5.56 Å². The lowest BCUT2D eigenvalue weighted by Gasteiger charge is -2.38. The van der Waals surface area contributed by atoms with E-state index in [9.17, 15) is 28.4 Å². The number of benzene rings is 1. The summed E-state index contributed by atoms with van der Waals surface area (Å²) in [4.78, 5) is 31.7. The fourth-order valence-corrected chi connectivity index (χ4v) is 3.54. The first kappa shape index (κ1) is 22.8. The molecule has 0 saturated carbocycles. The van der Waals surface area contributed by atoms with E-state index in [2.05, 4.69) is 4.52 Å². The smallest absolute Gasteiger partial charge is 0.387 e. The molecular weight excluding hydrogens is 429 g/mol. The van der Waals surface area contributed by atoms with E-state index in [4.69, 9.17) is 14.5 Å². The number of aliphatic hydroxyl groups excluding tert-OH is 2. The maximum atomic E-state index is 14.6. The van der Waals surface area contributed by atoms with Gasteiger partial charge in [0.1, 0.15) is 18.3 Å². The van der Waals surface area contributed by atoms with Crippen molar-refractivity contribution in [3.8, 4) is 0 Å². The minimum Gasteiger partial charge on any atom is -0.387 e. The number of amides is 1. The molecule has 2 aliphatic heterocycles. The van der Waals surface area contributed by atoms with Crippen LogP contribution in [0.3, 0.4) is 0 Å². The Hall–Kier alpha value is -1.92. The molecule has 4 atom stereocenters. The molecule has 0 spiro atoms. The Kier molecular flexibility index (Phi) is 6.58. The van der Waals surface area contributed by atoms with Crippen LogP contribution in [-0.4, -0.2) is 80.1 Å². The third-order valence-electron chi connectivity index (χ3n) is 4.71. The average Bonchev–Trinajstić information content (AvgIpc) is 2.96. The van der Waals surface area contributed by atoms with Crippen molar-refractivity contribution in [2.75, 3.05) is 19.8 Å². The van der Waals surface area contributed by atoms with Gasteiger partial charge in [-0.05, 0) is 0 Å². The number of nitrogens with zero attached hydrogens (tertiary/aromatic N) is 2. The molecule has 30 heavy (non-hydrogen) atoms. The first-order chi connectivity index (χ1) is 14.0. The summed E-state index contributed by atoms with van der Waals surface area (Å²) in [5, 5.41) is 20.3. The monoisotopic (exact) mass is 450 g/mol. The van der Waals surface area contributed by atoms with E-state index < -0.39 is 57.3 Å². The number of hydrogen-bond acceptors (Lipinski definition) is 7. The number of phosphoric acid groups is 1. The summed E-state index contributed by atoms with van der Waals surface area (Å²) in [5.74, 6) is -4.00. The summed E-state index contributed by atoms with van der Waals surface area (Å²) in [5.41, 5.74) is -0.263. The van der Waals surface area contributed by atoms with E-state index in [1.807, 2.05) is 0 Å². The predicted octanol–water partition coefficient (Wildman–Crippen LogP) is -0.0502. The molecule has 166 valence electrons. The molecule has 0 bridgehead atoms. The van der Waals surface area contributed by atoms with Crippen molar-refractivity contribution in [3.63, 3.8) is 0 Å². The average molecular weight is 450 g/mol. The highest BCUT2D eigenvalue weighted by atomic mass is 31.2. The summed E-state index contributed by atoms with van der Waals surface area (Å²) < 4.78 is 49.7. The molecule has 1 fully saturated rings. The Balaban J connectivity index is 1.68. The lowest BCUT2D eigenvalue weighted by atomic mass is 10.1. The van der Waals surface area contributed by atoms with Crippen LogP contribution in [0.4, 0.5) is 8.78 Å². The van der Waals surface area contributed by atoms with E-state index in [-0.39, 0.29) is 12.2 Å². The number of alkyl halides is 2. The molecule has 1 saturated heterocycles. The van der Waals surface area contributed by atoms with Crippen molar-refractivity contribution in [2.24, 2.45) is 0 Å². The predicted molar refractivity (Wildman–Crippen MR) is 96.6 cm³/mol. The van der Waals surface area contributed by atoms with Crippen LogP contribution in [-0.2, 0) is 24.5 Å². The second-order valence-corrected chi connectivity index (χ2v) is 8.15. The molecule has 4 N–H and O–H groups in total. The number of aliphatic hydroxyl groups is 2. The minimum atomic E-state index is -4.82. The molecule has 0 radical (unpaired) electrons. The van der Waals surface area contributed by atoms with Gasteiger partial charge in [0.25, 0.3) is 5.92 Å². The summed E-state index contributed by atoms with van der Waals surface area (Å²) >= 11 is 0. The largest absolute Gasteiger partial charge is 0.469 e. The van der Waals surface area contributed by atoms with Gasteiger partial charge in [-0.3, -0.25) is 9.32 Å². The molecule has 2 heterocycles. The number of rotatable bonds is 7. The fourth-order valence-electron chi connectivity index (χ4n) is 3.20. The maximum absolute atomic E-state index is 14.6. The van der Waals surface area contributed by atoms with Gasteiger partial charge in [-0.15, -0.1) is 0 Å². The molecule has 13 heteroatoms. The van der Waals surface area contributed by atoms with Crippen molar-refractivity contribution < 1.29 is 47.4 Å². The number of ether oxygens (including phenoxy) is 1. The highest BCUT2D eigenvalue weighted by Crippen LogP contribution is 2.37. The molecule has 0 unspecified atom stereocenters. The number of hydrogen-bond donors (Lipinski definition) is 4. The van der Waals surface area contributed by atoms with Gasteiger partial charge in [-0.25, -0.2) is 4.57 Å². The van der Waals surface area contributed by atoms with Crippen LogP contribution in [0.2, 0.25) is 0 Å². The van der Waals surface area contributed by atoms with Crippen molar-refractivity contribution in [1.29, 1.82) is 0 Å². The molecule has 10 nitrogen and oxygen atoms in total. The second-order valence-electron chi connectivity index (χ2n) is 6.91. The van der Waals surface area contributed by atoms with Crippen molar-refractivity contribution in [2.45, 2.75) is 30.5 Å². The quantitative estimate of drug-likeness (QED) is 0.421. The number of phosphoric ester groups is 1. The van der Waals surface area contributed by atoms with E-state index >= 15 is 0 Å². The Morgan fingerprint density at radius 3 is 2.50 bits per heavy atom. The van der Waals surface area contributed by atoms with E-state index in [1.165, 1.54) is 35.4 Å². The Bertz CT molecular complexity index is 836. The molecule has 1 aromatic carbocycles. The van der Waals surface area contributed by atoms with Gasteiger partial charge in [-0.2, -0.15) is 8.78 Å². The highest BCUT2D eigenvalue weighted by molar-refractivity contribution is 7.46. The van der Waals surface area contributed by atoms with Gasteiger partial charge in [0, 0.05) is 17.8 Å². The van der Waals surface area contributed by atoms with Crippen LogP contribution in [0.5, 0.6) is 0 Å². The molecular formula is C17H21F2N2O8P. The van der Waals surface area contributed by atoms with Crippen molar-refractivity contribution in [1.82, 2.24) is 9.80 Å². The molecule has 0 aliphatic carbocycles. The van der Waals surface area contributed by atoms with E-state index in [0.29, 0.717) is 0 Å². The van der Waals surface area contributed by atoms with Crippen LogP contribution in [0.15, 0.2) is 42.6 Å². The summed E-state index contributed by atoms with van der Waals surface area (Å²) in [7, 11) is -4.82. The first-order valence-corrected chi connectivity index (χ1v) is 10.4. The summed E-state index contributed by atoms with van der Waals surface area (Å²) in [6, 6.07) is 6.99. The van der Waals surface area contributed by atoms with Gasteiger partial charge < -0.3 is 34.5 Å². The molecule has 1 aromatic rings. The molecule has 1 amide bonds. The lowest BCUT2D eigenvalue weighted by molar-refractivity contribution is -0.145. The molecule has 0 aromatic heterocycles. The molecule has 2 aliphatic rings. The van der Waals surface area contributed by atoms with Gasteiger partial charge in [-0.1, -0.05) is 30.3 Å². The zero-order chi connectivity index (χ0) is 22.1. The first-order valence-electron chi connectivity index (χ1n) is 8.86. The zero-order valence-corrected chi connectivity index (χ0v) is 16.4. The minimum absolute atomic E-state index is 0.263. The third kappa shape index (κ3) is 5.22. The number of carbonyl (C=O) groups excluding carboxylic acids is 1. The topological polar surface area (TPSA) is 140 Å². The standard InChI is InChI=1S/C17H21F2N2O8P/c18-17(19,11-4-2-1-3-5-11)9-21-10-20(7-6-13(21)22)16-15(24)14(23)12(29-16)8-28-30(25,26)27/h1-7,12,14-16,23-24H,8-10H2,(H2,25,26,27)/t12-,14+,15+,16-/m1/s1. The molecule has 3 rings (SSSR count). The van der Waals surface area contributed by atoms with Gasteiger partial charge in [0.15, 0.2) is 6.23 Å². The van der Waals surface area contributed by atoms with Crippen LogP contribution in [0, 0.1) is 0 Å². The highest BCUT2D eigenvalue weighted by Gasteiger charge is 2.47. The maximum Gasteiger partial charge on any atom is 0.469 e. The second kappa shape index (κ2) is 8.67. The number of carbonyl (C=O) groups is 1. The van der Waals surface area contributed by atoms with Gasteiger partial charge in [0.05, 0.1) is 19.8 Å². The van der Waals surface area contributed by atoms with Crippen molar-refractivity contribution >= 4 is 13.7 Å². The Labute approximate surface area is 170 Å². The van der Waals surface area contributed by atoms with E-state index in [1.54, 1.807) is 6.07 Å². The van der Waals surface area contributed by atoms with Crippen LogP contribution in [0.25, 0.3) is 0 Å².